The summed E-state index contributed by atoms with van der Waals surface area (Å²) in [6, 6.07) is 17.7. The van der Waals surface area contributed by atoms with E-state index in [0.29, 0.717) is 10.9 Å². The van der Waals surface area contributed by atoms with Crippen LogP contribution in [0.5, 0.6) is 0 Å². The van der Waals surface area contributed by atoms with Crippen molar-refractivity contribution in [1.29, 1.82) is 0 Å². The number of pyridine rings is 2. The van der Waals surface area contributed by atoms with Crippen molar-refractivity contribution in [3.05, 3.63) is 113 Å². The highest BCUT2D eigenvalue weighted by Crippen LogP contribution is 2.30. The van der Waals surface area contributed by atoms with Gasteiger partial charge in [0.25, 0.3) is 10.0 Å². The lowest BCUT2D eigenvalue weighted by Crippen LogP contribution is -2.12. The minimum atomic E-state index is -4.05. The smallest absolute Gasteiger partial charge is 0.269 e. The molecule has 8 nitrogen and oxygen atoms in total. The zero-order valence-electron chi connectivity index (χ0n) is 18.5. The minimum absolute atomic E-state index is 0.0734. The van der Waals surface area contributed by atoms with Crippen LogP contribution < -0.4 is 0 Å². The second kappa shape index (κ2) is 8.69. The first-order chi connectivity index (χ1) is 16.9. The van der Waals surface area contributed by atoms with E-state index in [4.69, 9.17) is 0 Å². The van der Waals surface area contributed by atoms with E-state index in [1.807, 2.05) is 13.0 Å². The fraction of sp³-hybridized carbons (Fsp3) is 0.0385. The Kier molecular flexibility index (Phi) is 5.54. The molecular formula is C26H18N4O4S. The van der Waals surface area contributed by atoms with Gasteiger partial charge < -0.3 is 0 Å². The van der Waals surface area contributed by atoms with Gasteiger partial charge >= 0.3 is 0 Å². The van der Waals surface area contributed by atoms with E-state index in [1.165, 1.54) is 30.5 Å². The van der Waals surface area contributed by atoms with E-state index < -0.39 is 15.8 Å². The van der Waals surface area contributed by atoms with Crippen LogP contribution in [-0.4, -0.2) is 28.1 Å². The van der Waals surface area contributed by atoms with Crippen molar-refractivity contribution in [2.75, 3.05) is 0 Å². The van der Waals surface area contributed by atoms with Crippen LogP contribution in [0.3, 0.4) is 0 Å². The fourth-order valence-electron chi connectivity index (χ4n) is 3.82. The van der Waals surface area contributed by atoms with E-state index in [-0.39, 0.29) is 27.4 Å². The van der Waals surface area contributed by atoms with Gasteiger partial charge in [0.05, 0.1) is 10.5 Å². The van der Waals surface area contributed by atoms with E-state index in [9.17, 15) is 18.1 Å². The summed E-state index contributed by atoms with van der Waals surface area (Å²) in [5.74, 6) is -0.455. The molecule has 0 amide bonds. The van der Waals surface area contributed by atoms with Crippen molar-refractivity contribution in [2.24, 2.45) is 5.18 Å². The maximum Gasteiger partial charge on any atom is 0.269 e. The van der Waals surface area contributed by atoms with Crippen LogP contribution in [-0.2, 0) is 10.0 Å². The van der Waals surface area contributed by atoms with Gasteiger partial charge in [-0.25, -0.2) is 17.4 Å². The largest absolute Gasteiger partial charge is 0.289 e. The maximum atomic E-state index is 13.5. The number of carbonyl (C=O) groups excluding carboxylic acids is 1. The molecule has 0 unspecified atom stereocenters. The summed E-state index contributed by atoms with van der Waals surface area (Å²) in [5, 5.41) is 3.25. The molecule has 3 aromatic heterocycles. The molecule has 5 rings (SSSR count). The van der Waals surface area contributed by atoms with Gasteiger partial charge in [-0.2, -0.15) is 0 Å². The first-order valence-corrected chi connectivity index (χ1v) is 12.0. The van der Waals surface area contributed by atoms with Crippen LogP contribution >= 0.6 is 0 Å². The second-order valence-corrected chi connectivity index (χ2v) is 9.78. The van der Waals surface area contributed by atoms with Gasteiger partial charge in [-0.15, -0.1) is 4.91 Å². The molecule has 2 aromatic carbocycles. The number of nitroso groups, excluding NO2 is 1. The van der Waals surface area contributed by atoms with Crippen LogP contribution in [0.4, 0.5) is 5.69 Å². The molecule has 9 heteroatoms. The monoisotopic (exact) mass is 482 g/mol. The van der Waals surface area contributed by atoms with Crippen LogP contribution in [0.2, 0.25) is 0 Å². The van der Waals surface area contributed by atoms with Gasteiger partial charge in [0, 0.05) is 46.9 Å². The van der Waals surface area contributed by atoms with Gasteiger partial charge in [-0.1, -0.05) is 35.9 Å². The summed E-state index contributed by atoms with van der Waals surface area (Å²) in [7, 11) is -4.05. The number of rotatable bonds is 6. The third-order valence-corrected chi connectivity index (χ3v) is 7.31. The average molecular weight is 483 g/mol. The molecule has 3 heterocycles. The van der Waals surface area contributed by atoms with Gasteiger partial charge in [0.15, 0.2) is 11.4 Å². The molecule has 0 radical (unpaired) electrons. The summed E-state index contributed by atoms with van der Waals surface area (Å²) in [6.07, 6.45) is 6.13. The predicted octanol–water partition coefficient (Wildman–Crippen LogP) is 5.27. The highest BCUT2D eigenvalue weighted by molar-refractivity contribution is 7.90. The summed E-state index contributed by atoms with van der Waals surface area (Å²) in [4.78, 5) is 33.1. The Bertz CT molecular complexity index is 1690. The third kappa shape index (κ3) is 4.02. The lowest BCUT2D eigenvalue weighted by Gasteiger charge is -2.08. The molecule has 0 aliphatic heterocycles. The second-order valence-electron chi connectivity index (χ2n) is 7.96. The topological polar surface area (TPSA) is 111 Å². The van der Waals surface area contributed by atoms with Crippen LogP contribution in [0.25, 0.3) is 22.2 Å². The number of fused-ring (bicyclic) bond motifs is 1. The summed E-state index contributed by atoms with van der Waals surface area (Å²) in [5.41, 5.74) is 2.92. The fourth-order valence-corrected chi connectivity index (χ4v) is 5.14. The first kappa shape index (κ1) is 22.3. The summed E-state index contributed by atoms with van der Waals surface area (Å²) in [6.45, 7) is 1.86. The first-order valence-electron chi connectivity index (χ1n) is 10.6. The van der Waals surface area contributed by atoms with Crippen LogP contribution in [0.15, 0.2) is 102 Å². The van der Waals surface area contributed by atoms with Crippen LogP contribution in [0.1, 0.15) is 21.5 Å². The molecule has 0 aliphatic rings. The van der Waals surface area contributed by atoms with Gasteiger partial charge in [0.2, 0.25) is 0 Å². The number of aromatic nitrogens is 3. The number of ketones is 1. The Labute approximate surface area is 200 Å². The van der Waals surface area contributed by atoms with Crippen molar-refractivity contribution in [1.82, 2.24) is 13.9 Å². The highest BCUT2D eigenvalue weighted by atomic mass is 32.2. The normalized spacial score (nSPS) is 11.5. The molecule has 0 fully saturated rings. The molecule has 0 atom stereocenters. The summed E-state index contributed by atoms with van der Waals surface area (Å²) >= 11 is 0. The highest BCUT2D eigenvalue weighted by Gasteiger charge is 2.26. The van der Waals surface area contributed by atoms with Crippen molar-refractivity contribution < 1.29 is 13.2 Å². The van der Waals surface area contributed by atoms with Crippen LogP contribution in [0, 0.1) is 11.8 Å². The van der Waals surface area contributed by atoms with Crippen molar-refractivity contribution in [3.8, 4) is 11.1 Å². The Morgan fingerprint density at radius 1 is 0.943 bits per heavy atom. The lowest BCUT2D eigenvalue weighted by atomic mass is 10.0. The van der Waals surface area contributed by atoms with Crippen molar-refractivity contribution in [3.63, 3.8) is 0 Å². The third-order valence-electron chi connectivity index (χ3n) is 5.64. The number of benzene rings is 2. The zero-order valence-corrected chi connectivity index (χ0v) is 19.3. The quantitative estimate of drug-likeness (QED) is 0.241. The standard InChI is InChI=1S/C26H18N4O4S/c1-17-7-9-22(10-8-17)35(33,34)30-16-24(25(31)18-4-2-6-21(12-18)29-32)23-13-20(15-28-26(23)30)19-5-3-11-27-14-19/h2-16H,1H3. The lowest BCUT2D eigenvalue weighted by molar-refractivity contribution is 0.104. The van der Waals surface area contributed by atoms with E-state index in [2.05, 4.69) is 15.1 Å². The van der Waals surface area contributed by atoms with E-state index in [0.717, 1.165) is 15.1 Å². The van der Waals surface area contributed by atoms with Crippen molar-refractivity contribution >= 4 is 32.5 Å². The zero-order chi connectivity index (χ0) is 24.6. The Morgan fingerprint density at radius 3 is 2.46 bits per heavy atom. The van der Waals surface area contributed by atoms with Crippen molar-refractivity contribution in [2.45, 2.75) is 11.8 Å². The number of nitrogens with zero attached hydrogens (tertiary/aromatic N) is 4. The molecule has 0 aliphatic carbocycles. The Balaban J connectivity index is 1.75. The maximum absolute atomic E-state index is 13.5. The number of hydrogen-bond acceptors (Lipinski definition) is 7. The Hall–Kier alpha value is -4.50. The Morgan fingerprint density at radius 2 is 1.74 bits per heavy atom. The number of carbonyl (C=O) groups is 1. The summed E-state index contributed by atoms with van der Waals surface area (Å²) < 4.78 is 28.1. The molecule has 35 heavy (non-hydrogen) atoms. The van der Waals surface area contributed by atoms with E-state index >= 15 is 0 Å². The van der Waals surface area contributed by atoms with Gasteiger partial charge in [-0.3, -0.25) is 9.78 Å². The van der Waals surface area contributed by atoms with Gasteiger partial charge in [0.1, 0.15) is 5.69 Å². The molecule has 5 aromatic rings. The average Bonchev–Trinajstić information content (AvgIpc) is 3.29. The minimum Gasteiger partial charge on any atom is -0.289 e. The molecule has 0 spiro atoms. The predicted molar refractivity (Wildman–Crippen MR) is 132 cm³/mol. The van der Waals surface area contributed by atoms with E-state index in [1.54, 1.807) is 55.0 Å². The molecular weight excluding hydrogens is 464 g/mol. The van der Waals surface area contributed by atoms with Gasteiger partial charge in [-0.05, 0) is 48.5 Å². The molecule has 0 saturated carbocycles. The number of hydrogen-bond donors (Lipinski definition) is 0. The molecule has 0 saturated heterocycles. The number of aryl methyl sites for hydroxylation is 1. The molecule has 0 bridgehead atoms. The molecule has 172 valence electrons. The SMILES string of the molecule is Cc1ccc(S(=O)(=O)n2cc(C(=O)c3cccc(N=O)c3)c3cc(-c4cccnc4)cnc32)cc1. The molecule has 0 N–H and O–H groups in total.